The van der Waals surface area contributed by atoms with Gasteiger partial charge in [-0.2, -0.15) is 0 Å². The Morgan fingerprint density at radius 1 is 1.00 bits per heavy atom. The Morgan fingerprint density at radius 2 is 1.00 bits per heavy atom. The van der Waals surface area contributed by atoms with Gasteiger partial charge < -0.3 is 0 Å². The van der Waals surface area contributed by atoms with E-state index in [1.165, 1.54) is 0 Å². The number of hydrogen-bond acceptors (Lipinski definition) is 0. The molecule has 0 amide bonds. The maximum Gasteiger partial charge on any atom is 0 e. The van der Waals surface area contributed by atoms with E-state index < -0.39 is 0 Å². The second-order valence-electron chi connectivity index (χ2n) is 0. The van der Waals surface area contributed by atoms with E-state index in [0.29, 0.717) is 0 Å². The molecule has 0 bridgehead atoms. The molecule has 0 saturated heterocycles. The third-order valence-electron chi connectivity index (χ3n) is 0. The topological polar surface area (TPSA) is 0 Å². The van der Waals surface area contributed by atoms with Crippen LogP contribution in [0.25, 0.3) is 0 Å². The molecule has 0 N–H and O–H groups in total. The standard InChI is InChI=1S/Er.Sr.Ti.Zr.2H. The van der Waals surface area contributed by atoms with Crippen LogP contribution in [-0.4, -0.2) is 45.5 Å². The molecule has 0 radical (unpaired) electrons. The quantitative estimate of drug-likeness (QED) is 0.465. The Bertz CT molecular complexity index is 8.00. The van der Waals surface area contributed by atoms with E-state index in [-0.39, 0.29) is 131 Å². The van der Waals surface area contributed by atoms with E-state index in [0.717, 1.165) is 0 Å². The Kier molecular flexibility index (Phi) is 93.5. The molecule has 0 aliphatic carbocycles. The molecule has 24 valence electrons. The van der Waals surface area contributed by atoms with E-state index in [1.54, 1.807) is 0 Å². The number of hydrogen-bond donors (Lipinski definition) is 0. The molecule has 0 fully saturated rings. The number of rotatable bonds is 0. The summed E-state index contributed by atoms with van der Waals surface area (Å²) < 4.78 is 0. The first-order chi connectivity index (χ1) is 0. The summed E-state index contributed by atoms with van der Waals surface area (Å²) in [7, 11) is 0. The van der Waals surface area contributed by atoms with Crippen LogP contribution >= 0.6 is 0 Å². The summed E-state index contributed by atoms with van der Waals surface area (Å²) in [6.07, 6.45) is 0. The summed E-state index contributed by atoms with van der Waals surface area (Å²) in [5.41, 5.74) is 0. The van der Waals surface area contributed by atoms with Gasteiger partial charge in [-0.05, 0) is 0 Å². The van der Waals surface area contributed by atoms with Crippen LogP contribution in [0.1, 0.15) is 0 Å². The zero-order valence-electron chi connectivity index (χ0n) is 1.29. The first kappa shape index (κ1) is 23.9. The van der Waals surface area contributed by atoms with Crippen LogP contribution in [0.3, 0.4) is 0 Å². The average Bonchev–Trinajstić information content (AvgIpc) is 0. The molecule has 0 heterocycles. The third kappa shape index (κ3) is 9.59. The molecular formula is H2ErSrTiZr. The van der Waals surface area contributed by atoms with E-state index in [4.69, 9.17) is 0 Å². The fourth-order valence-corrected chi connectivity index (χ4v) is 0. The molecule has 0 aliphatic rings. The summed E-state index contributed by atoms with van der Waals surface area (Å²) in [4.78, 5) is 0. The molecule has 4 heteroatoms. The predicted molar refractivity (Wildman–Crippen MR) is 8.54 cm³/mol. The second kappa shape index (κ2) is 15.7. The largest absolute Gasteiger partial charge is 0 e. The molecule has 4 heavy (non-hydrogen) atoms. The second-order valence-corrected chi connectivity index (χ2v) is 0. The minimum atomic E-state index is 0. The van der Waals surface area contributed by atoms with Gasteiger partial charge in [0.1, 0.15) is 0 Å². The van der Waals surface area contributed by atoms with Crippen molar-refractivity contribution >= 4 is 45.5 Å². The summed E-state index contributed by atoms with van der Waals surface area (Å²) in [6.45, 7) is 0. The van der Waals surface area contributed by atoms with E-state index in [9.17, 15) is 0 Å². The Morgan fingerprint density at radius 3 is 1.00 bits per heavy atom. The van der Waals surface area contributed by atoms with Gasteiger partial charge in [0.25, 0.3) is 0 Å². The van der Waals surface area contributed by atoms with Crippen molar-refractivity contribution in [1.29, 1.82) is 0 Å². The molecule has 0 unspecified atom stereocenters. The van der Waals surface area contributed by atoms with Gasteiger partial charge in [0.2, 0.25) is 0 Å². The maximum absolute atomic E-state index is 0. The van der Waals surface area contributed by atoms with Gasteiger partial charge in [-0.25, -0.2) is 0 Å². The van der Waals surface area contributed by atoms with Crippen molar-refractivity contribution in [2.45, 2.75) is 0 Å². The van der Waals surface area contributed by atoms with Gasteiger partial charge >= 0.3 is 45.5 Å². The molecular weight excluding hydrogens is 394 g/mol. The van der Waals surface area contributed by atoms with Gasteiger partial charge in [-0.15, -0.1) is 0 Å². The van der Waals surface area contributed by atoms with Gasteiger partial charge in [0.05, 0.1) is 0 Å². The third-order valence-corrected chi connectivity index (χ3v) is 0. The minimum absolute atomic E-state index is 0. The zero-order chi connectivity index (χ0) is 0. The molecule has 0 spiro atoms. The summed E-state index contributed by atoms with van der Waals surface area (Å²) in [5, 5.41) is 0. The van der Waals surface area contributed by atoms with Crippen LogP contribution < -0.4 is 0 Å². The van der Waals surface area contributed by atoms with Crippen molar-refractivity contribution in [3.05, 3.63) is 0 Å². The first-order valence-corrected chi connectivity index (χ1v) is 0. The van der Waals surface area contributed by atoms with E-state index >= 15 is 0 Å². The molecule has 0 aromatic rings. The smallest absolute Gasteiger partial charge is 0 e. The fraction of sp³-hybridized carbons (Fsp3) is 0. The normalized spacial score (nSPS) is 0. The molecule has 0 aromatic heterocycles. The van der Waals surface area contributed by atoms with E-state index in [2.05, 4.69) is 0 Å². The molecule has 0 aromatic carbocycles. The SMILES string of the molecule is [Er].[SrH2].[Ti].[Zr]. The Hall–Kier alpha value is 4.32. The van der Waals surface area contributed by atoms with Crippen molar-refractivity contribution in [2.24, 2.45) is 0 Å². The zero-order valence-corrected chi connectivity index (χ0v) is 7.16. The van der Waals surface area contributed by atoms with Crippen LogP contribution in [0.15, 0.2) is 0 Å². The van der Waals surface area contributed by atoms with Crippen molar-refractivity contribution in [2.75, 3.05) is 0 Å². The van der Waals surface area contributed by atoms with Crippen LogP contribution in [0.2, 0.25) is 0 Å². The Balaban J connectivity index is 0. The molecule has 0 rings (SSSR count). The van der Waals surface area contributed by atoms with Crippen LogP contribution in [-0.2, 0) is 47.9 Å². The van der Waals surface area contributed by atoms with Crippen molar-refractivity contribution in [3.8, 4) is 0 Å². The van der Waals surface area contributed by atoms with Crippen LogP contribution in [0.5, 0.6) is 0 Å². The summed E-state index contributed by atoms with van der Waals surface area (Å²) in [6, 6.07) is 0. The van der Waals surface area contributed by atoms with Crippen LogP contribution in [0.4, 0.5) is 0 Å². The predicted octanol–water partition coefficient (Wildman–Crippen LogP) is -0.921. The van der Waals surface area contributed by atoms with Crippen molar-refractivity contribution in [3.63, 3.8) is 0 Å². The molecule has 0 atom stereocenters. The Labute approximate surface area is 127 Å². The van der Waals surface area contributed by atoms with Crippen molar-refractivity contribution in [1.82, 2.24) is 0 Å². The van der Waals surface area contributed by atoms with Crippen molar-refractivity contribution < 1.29 is 85.2 Å². The molecule has 0 nitrogen and oxygen atoms in total. The summed E-state index contributed by atoms with van der Waals surface area (Å²) in [5.74, 6) is 0. The van der Waals surface area contributed by atoms with Gasteiger partial charge in [-0.3, -0.25) is 0 Å². The fourth-order valence-electron chi connectivity index (χ4n) is 0. The molecule has 0 aliphatic heterocycles. The maximum atomic E-state index is 0. The molecule has 0 saturated carbocycles. The van der Waals surface area contributed by atoms with Gasteiger partial charge in [-0.1, -0.05) is 0 Å². The monoisotopic (exact) mass is 394 g/mol. The van der Waals surface area contributed by atoms with Gasteiger partial charge in [0.15, 0.2) is 0 Å². The first-order valence-electron chi connectivity index (χ1n) is 0. The average molecular weight is 396 g/mol. The van der Waals surface area contributed by atoms with E-state index in [1.807, 2.05) is 0 Å². The van der Waals surface area contributed by atoms with Gasteiger partial charge in [0, 0.05) is 85.2 Å². The summed E-state index contributed by atoms with van der Waals surface area (Å²) >= 11 is 0. The minimum Gasteiger partial charge on any atom is 0 e. The van der Waals surface area contributed by atoms with Crippen LogP contribution in [0, 0.1) is 37.3 Å².